The molecular formula is C16H16N2O2S. The van der Waals surface area contributed by atoms with Crippen LogP contribution in [0.3, 0.4) is 0 Å². The minimum atomic E-state index is -1.14. The monoisotopic (exact) mass is 300 g/mol. The third-order valence-corrected chi connectivity index (χ3v) is 4.34. The number of hydrogen-bond acceptors (Lipinski definition) is 3. The Balaban J connectivity index is 2.05. The van der Waals surface area contributed by atoms with Gasteiger partial charge in [0.05, 0.1) is 5.71 Å². The van der Waals surface area contributed by atoms with E-state index in [2.05, 4.69) is 16.4 Å². The number of allylic oxidation sites excluding steroid dienone is 1. The highest BCUT2D eigenvalue weighted by Crippen LogP contribution is 2.15. The second kappa shape index (κ2) is 7.11. The van der Waals surface area contributed by atoms with Crippen molar-refractivity contribution in [2.45, 2.75) is 18.2 Å². The van der Waals surface area contributed by atoms with Gasteiger partial charge >= 0.3 is 0 Å². The van der Waals surface area contributed by atoms with Gasteiger partial charge in [0.1, 0.15) is 0 Å². The summed E-state index contributed by atoms with van der Waals surface area (Å²) in [5.74, 6) is 2.67. The molecule has 1 aliphatic heterocycles. The summed E-state index contributed by atoms with van der Waals surface area (Å²) in [6.07, 6.45) is 9.41. The minimum Gasteiger partial charge on any atom is -0.611 e. The van der Waals surface area contributed by atoms with Crippen LogP contribution in [0.2, 0.25) is 0 Å². The van der Waals surface area contributed by atoms with E-state index in [0.717, 1.165) is 16.2 Å². The number of nitrogens with zero attached hydrogens (tertiary/aromatic N) is 1. The lowest BCUT2D eigenvalue weighted by Gasteiger charge is -2.16. The molecule has 1 aliphatic rings. The lowest BCUT2D eigenvalue weighted by atomic mass is 9.99. The Kier molecular flexibility index (Phi) is 5.20. The van der Waals surface area contributed by atoms with Crippen LogP contribution in [0.25, 0.3) is 6.08 Å². The van der Waals surface area contributed by atoms with Crippen LogP contribution in [-0.2, 0) is 16.0 Å². The number of carbonyl (C=O) groups excluding carboxylic acids is 1. The molecule has 0 fully saturated rings. The molecule has 108 valence electrons. The number of rotatable bonds is 4. The first kappa shape index (κ1) is 15.4. The summed E-state index contributed by atoms with van der Waals surface area (Å²) in [7, 11) is 0. The SMILES string of the molecule is C#CC[S+]([O-])c1ccc(C=CC2=NNC(=O)CC2C)cc1. The van der Waals surface area contributed by atoms with Gasteiger partial charge in [-0.1, -0.05) is 18.9 Å². The van der Waals surface area contributed by atoms with E-state index in [1.165, 1.54) is 0 Å². The standard InChI is InChI=1S/C16H16N2O2S/c1-3-10-21(20)14-7-4-13(5-8-14)6-9-15-12(2)11-16(19)18-17-15/h1,4-9,12H,10-11H2,2H3,(H,18,19). The van der Waals surface area contributed by atoms with Crippen LogP contribution in [0.4, 0.5) is 0 Å². The van der Waals surface area contributed by atoms with E-state index in [0.29, 0.717) is 6.42 Å². The lowest BCUT2D eigenvalue weighted by Crippen LogP contribution is -2.30. The first-order valence-electron chi connectivity index (χ1n) is 6.56. The predicted octanol–water partition coefficient (Wildman–Crippen LogP) is 1.95. The predicted molar refractivity (Wildman–Crippen MR) is 84.9 cm³/mol. The highest BCUT2D eigenvalue weighted by molar-refractivity contribution is 7.91. The average Bonchev–Trinajstić information content (AvgIpc) is 2.47. The third kappa shape index (κ3) is 4.22. The van der Waals surface area contributed by atoms with Crippen molar-refractivity contribution in [2.24, 2.45) is 11.0 Å². The van der Waals surface area contributed by atoms with Gasteiger partial charge in [-0.05, 0) is 47.1 Å². The lowest BCUT2D eigenvalue weighted by molar-refractivity contribution is -0.121. The van der Waals surface area contributed by atoms with Crippen molar-refractivity contribution in [3.05, 3.63) is 35.9 Å². The van der Waals surface area contributed by atoms with E-state index < -0.39 is 11.2 Å². The van der Waals surface area contributed by atoms with Crippen LogP contribution in [0.1, 0.15) is 18.9 Å². The summed E-state index contributed by atoms with van der Waals surface area (Å²) in [5, 5.41) is 4.04. The Morgan fingerprint density at radius 2 is 2.19 bits per heavy atom. The van der Waals surface area contributed by atoms with Gasteiger partial charge in [0.25, 0.3) is 0 Å². The zero-order valence-electron chi connectivity index (χ0n) is 11.7. The third-order valence-electron chi connectivity index (χ3n) is 3.11. The molecule has 2 atom stereocenters. The Hall–Kier alpha value is -2.03. The first-order chi connectivity index (χ1) is 10.1. The fourth-order valence-corrected chi connectivity index (χ4v) is 2.70. The number of carbonyl (C=O) groups is 1. The molecule has 1 aromatic carbocycles. The second-order valence-electron chi connectivity index (χ2n) is 4.77. The maximum atomic E-state index is 11.7. The zero-order valence-corrected chi connectivity index (χ0v) is 12.5. The van der Waals surface area contributed by atoms with Gasteiger partial charge in [-0.15, -0.1) is 6.42 Å². The Labute approximate surface area is 127 Å². The Morgan fingerprint density at radius 1 is 1.48 bits per heavy atom. The number of terminal acetylenes is 1. The molecule has 0 aliphatic carbocycles. The van der Waals surface area contributed by atoms with Crippen molar-refractivity contribution in [1.82, 2.24) is 5.43 Å². The average molecular weight is 300 g/mol. The molecule has 0 radical (unpaired) electrons. The molecular weight excluding hydrogens is 284 g/mol. The van der Waals surface area contributed by atoms with Crippen LogP contribution in [0.15, 0.2) is 40.3 Å². The van der Waals surface area contributed by atoms with E-state index in [4.69, 9.17) is 6.42 Å². The van der Waals surface area contributed by atoms with E-state index in [-0.39, 0.29) is 17.6 Å². The van der Waals surface area contributed by atoms with Gasteiger partial charge in [0.2, 0.25) is 5.91 Å². The largest absolute Gasteiger partial charge is 0.611 e. The van der Waals surface area contributed by atoms with Crippen LogP contribution in [0.5, 0.6) is 0 Å². The van der Waals surface area contributed by atoms with Crippen LogP contribution in [-0.4, -0.2) is 21.9 Å². The number of hydrazone groups is 1. The fraction of sp³-hybridized carbons (Fsp3) is 0.250. The molecule has 0 saturated carbocycles. The molecule has 4 nitrogen and oxygen atoms in total. The van der Waals surface area contributed by atoms with Gasteiger partial charge in [0, 0.05) is 12.3 Å². The summed E-state index contributed by atoms with van der Waals surface area (Å²) in [4.78, 5) is 11.9. The number of amides is 1. The molecule has 0 saturated heterocycles. The molecule has 2 rings (SSSR count). The fourth-order valence-electron chi connectivity index (χ4n) is 1.94. The van der Waals surface area contributed by atoms with Crippen LogP contribution in [0, 0.1) is 18.3 Å². The van der Waals surface area contributed by atoms with Crippen LogP contribution >= 0.6 is 0 Å². The molecule has 1 N–H and O–H groups in total. The van der Waals surface area contributed by atoms with E-state index in [1.54, 1.807) is 12.1 Å². The van der Waals surface area contributed by atoms with Gasteiger partial charge in [-0.25, -0.2) is 5.43 Å². The molecule has 0 spiro atoms. The van der Waals surface area contributed by atoms with Crippen molar-refractivity contribution < 1.29 is 9.35 Å². The number of benzene rings is 1. The van der Waals surface area contributed by atoms with Crippen LogP contribution < -0.4 is 5.43 Å². The Morgan fingerprint density at radius 3 is 2.81 bits per heavy atom. The maximum absolute atomic E-state index is 11.7. The van der Waals surface area contributed by atoms with Crippen molar-refractivity contribution >= 4 is 28.9 Å². The van der Waals surface area contributed by atoms with Crippen molar-refractivity contribution in [3.8, 4) is 12.3 Å². The van der Waals surface area contributed by atoms with E-state index >= 15 is 0 Å². The number of hydrogen-bond donors (Lipinski definition) is 1. The molecule has 0 aromatic heterocycles. The molecule has 1 aromatic rings. The zero-order chi connectivity index (χ0) is 15.2. The highest BCUT2D eigenvalue weighted by atomic mass is 32.2. The molecule has 0 bridgehead atoms. The summed E-state index contributed by atoms with van der Waals surface area (Å²) >= 11 is -1.14. The minimum absolute atomic E-state index is 0.0556. The maximum Gasteiger partial charge on any atom is 0.240 e. The summed E-state index contributed by atoms with van der Waals surface area (Å²) in [6, 6.07) is 7.38. The topological polar surface area (TPSA) is 64.5 Å². The number of nitrogens with one attached hydrogen (secondary N) is 1. The highest BCUT2D eigenvalue weighted by Gasteiger charge is 2.17. The van der Waals surface area contributed by atoms with E-state index in [9.17, 15) is 9.35 Å². The van der Waals surface area contributed by atoms with E-state index in [1.807, 2.05) is 31.2 Å². The smallest absolute Gasteiger partial charge is 0.240 e. The molecule has 21 heavy (non-hydrogen) atoms. The molecule has 1 heterocycles. The van der Waals surface area contributed by atoms with Gasteiger partial charge in [-0.2, -0.15) is 5.10 Å². The molecule has 2 unspecified atom stereocenters. The summed E-state index contributed by atoms with van der Waals surface area (Å²) in [5.41, 5.74) is 4.29. The van der Waals surface area contributed by atoms with Gasteiger partial charge < -0.3 is 4.55 Å². The second-order valence-corrected chi connectivity index (χ2v) is 6.22. The molecule has 5 heteroatoms. The summed E-state index contributed by atoms with van der Waals surface area (Å²) < 4.78 is 11.7. The van der Waals surface area contributed by atoms with Gasteiger partial charge in [0.15, 0.2) is 10.6 Å². The van der Waals surface area contributed by atoms with Crippen molar-refractivity contribution in [1.29, 1.82) is 0 Å². The van der Waals surface area contributed by atoms with Gasteiger partial charge in [-0.3, -0.25) is 4.79 Å². The quantitative estimate of drug-likeness (QED) is 0.682. The van der Waals surface area contributed by atoms with Crippen molar-refractivity contribution in [3.63, 3.8) is 0 Å². The van der Waals surface area contributed by atoms with Crippen molar-refractivity contribution in [2.75, 3.05) is 5.75 Å². The summed E-state index contributed by atoms with van der Waals surface area (Å²) in [6.45, 7) is 1.97. The molecule has 1 amide bonds. The first-order valence-corrected chi connectivity index (χ1v) is 7.88. The Bertz CT molecular complexity index is 614. The normalized spacial score (nSPS) is 19.8.